The van der Waals surface area contributed by atoms with Gasteiger partial charge in [0.15, 0.2) is 0 Å². The van der Waals surface area contributed by atoms with Crippen LogP contribution >= 0.6 is 0 Å². The third kappa shape index (κ3) is 3.17. The molecule has 132 valence electrons. The maximum absolute atomic E-state index is 12.6. The minimum absolute atomic E-state index is 0.0569. The van der Waals surface area contributed by atoms with E-state index in [1.807, 2.05) is 48.5 Å². The van der Waals surface area contributed by atoms with Crippen molar-refractivity contribution in [2.24, 2.45) is 0 Å². The average Bonchev–Trinajstić information content (AvgIpc) is 2.75. The highest BCUT2D eigenvalue weighted by molar-refractivity contribution is 5.85. The molecule has 0 bridgehead atoms. The summed E-state index contributed by atoms with van der Waals surface area (Å²) in [6.07, 6.45) is 1.11. The summed E-state index contributed by atoms with van der Waals surface area (Å²) in [4.78, 5) is 12.6. The predicted octanol–water partition coefficient (Wildman–Crippen LogP) is 6.13. The number of hydrogen-bond acceptors (Lipinski definition) is 1. The summed E-state index contributed by atoms with van der Waals surface area (Å²) in [5.41, 5.74) is 2.65. The lowest BCUT2D eigenvalue weighted by atomic mass is 9.67. The summed E-state index contributed by atoms with van der Waals surface area (Å²) in [5, 5.41) is 2.34. The molecule has 0 amide bonds. The van der Waals surface area contributed by atoms with Crippen molar-refractivity contribution in [3.8, 4) is 0 Å². The van der Waals surface area contributed by atoms with Crippen molar-refractivity contribution >= 4 is 17.1 Å². The second kappa shape index (κ2) is 7.20. The van der Waals surface area contributed by atoms with Gasteiger partial charge in [0.2, 0.25) is 0 Å². The Kier molecular flexibility index (Phi) is 4.60. The molecule has 0 saturated heterocycles. The van der Waals surface area contributed by atoms with Crippen molar-refractivity contribution in [3.05, 3.63) is 120 Å². The summed E-state index contributed by atoms with van der Waals surface area (Å²) in [6, 6.07) is 35.3. The normalized spacial score (nSPS) is 13.4. The number of fused-ring (bicyclic) bond motifs is 1. The molecule has 0 spiro atoms. The summed E-state index contributed by atoms with van der Waals surface area (Å²) in [6.45, 7) is 2.05. The SMILES string of the molecule is C[C@@](C=O)(c1ccc2ccccc2c1)C(c1ccccc1)c1ccccc1. The highest BCUT2D eigenvalue weighted by Gasteiger charge is 2.38. The smallest absolute Gasteiger partial charge is 0.131 e. The zero-order valence-corrected chi connectivity index (χ0v) is 15.4. The zero-order chi connectivity index (χ0) is 18.7. The fourth-order valence-corrected chi connectivity index (χ4v) is 4.00. The van der Waals surface area contributed by atoms with Crippen molar-refractivity contribution in [2.75, 3.05) is 0 Å². The molecule has 1 nitrogen and oxygen atoms in total. The molecule has 0 saturated carbocycles. The Bertz CT molecular complexity index is 1010. The van der Waals surface area contributed by atoms with Crippen molar-refractivity contribution < 1.29 is 4.79 Å². The Morgan fingerprint density at radius 2 is 1.19 bits per heavy atom. The molecule has 0 aromatic heterocycles. The fraction of sp³-hybridized carbons (Fsp3) is 0.115. The molecule has 1 atom stereocenters. The highest BCUT2D eigenvalue weighted by Crippen LogP contribution is 2.42. The minimum Gasteiger partial charge on any atom is -0.302 e. The van der Waals surface area contributed by atoms with E-state index in [1.54, 1.807) is 0 Å². The van der Waals surface area contributed by atoms with Crippen molar-refractivity contribution in [1.29, 1.82) is 0 Å². The van der Waals surface area contributed by atoms with Crippen LogP contribution in [0.4, 0.5) is 0 Å². The first-order valence-electron chi connectivity index (χ1n) is 9.28. The summed E-state index contributed by atoms with van der Waals surface area (Å²) in [7, 11) is 0. The van der Waals surface area contributed by atoms with Crippen molar-refractivity contribution in [2.45, 2.75) is 18.3 Å². The number of rotatable bonds is 5. The molecule has 0 aliphatic heterocycles. The molecule has 0 heterocycles. The number of carbonyl (C=O) groups is 1. The van der Waals surface area contributed by atoms with Crippen molar-refractivity contribution in [1.82, 2.24) is 0 Å². The largest absolute Gasteiger partial charge is 0.302 e. The van der Waals surface area contributed by atoms with E-state index in [-0.39, 0.29) is 5.92 Å². The van der Waals surface area contributed by atoms with Crippen LogP contribution in [0.15, 0.2) is 103 Å². The van der Waals surface area contributed by atoms with Crippen LogP contribution in [0.25, 0.3) is 10.8 Å². The molecule has 0 N–H and O–H groups in total. The van der Waals surface area contributed by atoms with E-state index in [9.17, 15) is 4.79 Å². The molecule has 4 rings (SSSR count). The van der Waals surface area contributed by atoms with Gasteiger partial charge in [0.25, 0.3) is 0 Å². The predicted molar refractivity (Wildman–Crippen MR) is 112 cm³/mol. The molecule has 4 aromatic carbocycles. The Balaban J connectivity index is 1.93. The van der Waals surface area contributed by atoms with Gasteiger partial charge in [0.05, 0.1) is 5.41 Å². The molecule has 27 heavy (non-hydrogen) atoms. The van der Waals surface area contributed by atoms with Crippen LogP contribution in [0.2, 0.25) is 0 Å². The maximum Gasteiger partial charge on any atom is 0.131 e. The van der Waals surface area contributed by atoms with Gasteiger partial charge >= 0.3 is 0 Å². The van der Waals surface area contributed by atoms with E-state index < -0.39 is 5.41 Å². The third-order valence-corrected chi connectivity index (χ3v) is 5.48. The first-order valence-corrected chi connectivity index (χ1v) is 9.28. The monoisotopic (exact) mass is 350 g/mol. The van der Waals surface area contributed by atoms with Gasteiger partial charge in [0, 0.05) is 5.92 Å². The van der Waals surface area contributed by atoms with E-state index in [0.29, 0.717) is 0 Å². The molecule has 0 fully saturated rings. The number of hydrogen-bond donors (Lipinski definition) is 0. The molecule has 0 unspecified atom stereocenters. The average molecular weight is 350 g/mol. The van der Waals surface area contributed by atoms with Crippen LogP contribution in [-0.4, -0.2) is 6.29 Å². The van der Waals surface area contributed by atoms with Gasteiger partial charge in [-0.05, 0) is 34.4 Å². The van der Waals surface area contributed by atoms with Gasteiger partial charge in [-0.15, -0.1) is 0 Å². The van der Waals surface area contributed by atoms with Crippen LogP contribution in [0.1, 0.15) is 29.5 Å². The molecule has 0 aliphatic rings. The number of aldehydes is 1. The first kappa shape index (κ1) is 17.2. The van der Waals surface area contributed by atoms with Gasteiger partial charge in [-0.25, -0.2) is 0 Å². The van der Waals surface area contributed by atoms with E-state index in [0.717, 1.165) is 28.4 Å². The second-order valence-electron chi connectivity index (χ2n) is 7.22. The zero-order valence-electron chi connectivity index (χ0n) is 15.4. The van der Waals surface area contributed by atoms with E-state index in [4.69, 9.17) is 0 Å². The molecule has 1 heteroatoms. The highest BCUT2D eigenvalue weighted by atomic mass is 16.1. The number of benzene rings is 4. The topological polar surface area (TPSA) is 17.1 Å². The maximum atomic E-state index is 12.6. The fourth-order valence-electron chi connectivity index (χ4n) is 4.00. The number of carbonyl (C=O) groups excluding carboxylic acids is 1. The van der Waals surface area contributed by atoms with Crippen LogP contribution in [0, 0.1) is 0 Å². The lowest BCUT2D eigenvalue weighted by Crippen LogP contribution is -2.33. The molecule has 0 radical (unpaired) electrons. The van der Waals surface area contributed by atoms with Crippen LogP contribution < -0.4 is 0 Å². The van der Waals surface area contributed by atoms with Gasteiger partial charge < -0.3 is 4.79 Å². The molecular weight excluding hydrogens is 328 g/mol. The standard InChI is InChI=1S/C26H22O/c1-26(19-27,24-17-16-20-10-8-9-15-23(20)18-24)25(21-11-4-2-5-12-21)22-13-6-3-7-14-22/h2-19,25H,1H3/t26-/m1/s1. The van der Waals surface area contributed by atoms with Crippen molar-refractivity contribution in [3.63, 3.8) is 0 Å². The summed E-state index contributed by atoms with van der Waals surface area (Å²) < 4.78 is 0. The van der Waals surface area contributed by atoms with Crippen LogP contribution in [-0.2, 0) is 10.2 Å². The lowest BCUT2D eigenvalue weighted by Gasteiger charge is -2.34. The Morgan fingerprint density at radius 3 is 1.74 bits per heavy atom. The van der Waals surface area contributed by atoms with Gasteiger partial charge in [-0.1, -0.05) is 103 Å². The molecular formula is C26H22O. The van der Waals surface area contributed by atoms with E-state index in [1.165, 1.54) is 5.39 Å². The lowest BCUT2D eigenvalue weighted by molar-refractivity contribution is -0.112. The minimum atomic E-state index is -0.674. The second-order valence-corrected chi connectivity index (χ2v) is 7.22. The van der Waals surface area contributed by atoms with E-state index in [2.05, 4.69) is 61.5 Å². The Hall–Kier alpha value is -3.19. The van der Waals surface area contributed by atoms with E-state index >= 15 is 0 Å². The first-order chi connectivity index (χ1) is 13.2. The Labute approximate surface area is 160 Å². The summed E-state index contributed by atoms with van der Waals surface area (Å²) >= 11 is 0. The molecule has 0 aliphatic carbocycles. The van der Waals surface area contributed by atoms with Crippen LogP contribution in [0.3, 0.4) is 0 Å². The van der Waals surface area contributed by atoms with Gasteiger partial charge in [-0.2, -0.15) is 0 Å². The van der Waals surface area contributed by atoms with Crippen LogP contribution in [0.5, 0.6) is 0 Å². The van der Waals surface area contributed by atoms with Gasteiger partial charge in [-0.3, -0.25) is 0 Å². The Morgan fingerprint density at radius 1 is 0.667 bits per heavy atom. The summed E-state index contributed by atoms with van der Waals surface area (Å²) in [5.74, 6) is -0.0569. The third-order valence-electron chi connectivity index (χ3n) is 5.48. The molecule has 4 aromatic rings. The quantitative estimate of drug-likeness (QED) is 0.396. The van der Waals surface area contributed by atoms with Gasteiger partial charge in [0.1, 0.15) is 6.29 Å².